The molecule has 0 N–H and O–H groups in total. The predicted octanol–water partition coefficient (Wildman–Crippen LogP) is 1.99. The average molecular weight is 360 g/mol. The van der Waals surface area contributed by atoms with E-state index in [9.17, 15) is 14.0 Å². The molecular weight excluding hydrogens is 345 g/mol. The normalized spacial score (nSPS) is 16.4. The third-order valence-electron chi connectivity index (χ3n) is 3.10. The molecule has 1 atom stereocenters. The monoisotopic (exact) mass is 359 g/mol. The quantitative estimate of drug-likeness (QED) is 0.774. The topological polar surface area (TPSA) is 55.8 Å². The molecule has 1 aliphatic rings. The number of halogens is 2. The summed E-state index contributed by atoms with van der Waals surface area (Å²) < 4.78 is 23.9. The van der Waals surface area contributed by atoms with Gasteiger partial charge >= 0.3 is 5.97 Å². The van der Waals surface area contributed by atoms with Gasteiger partial charge in [0.2, 0.25) is 0 Å². The summed E-state index contributed by atoms with van der Waals surface area (Å²) in [5.74, 6) is -1.56. The van der Waals surface area contributed by atoms with Crippen molar-refractivity contribution in [1.82, 2.24) is 4.90 Å². The number of carbonyl (C=O) groups is 2. The van der Waals surface area contributed by atoms with Crippen molar-refractivity contribution in [2.45, 2.75) is 13.0 Å². The summed E-state index contributed by atoms with van der Waals surface area (Å²) in [4.78, 5) is 25.7. The number of nitrogens with zero attached hydrogens (tertiary/aromatic N) is 1. The van der Waals surface area contributed by atoms with Crippen LogP contribution in [-0.4, -0.2) is 49.2 Å². The van der Waals surface area contributed by atoms with Crippen LogP contribution >= 0.6 is 15.9 Å². The van der Waals surface area contributed by atoms with Crippen LogP contribution in [0.25, 0.3) is 0 Å². The molecule has 2 rings (SSSR count). The van der Waals surface area contributed by atoms with Crippen molar-refractivity contribution in [3.63, 3.8) is 0 Å². The lowest BCUT2D eigenvalue weighted by atomic mass is 10.2. The highest BCUT2D eigenvalue weighted by atomic mass is 79.9. The molecule has 0 bridgehead atoms. The maximum absolute atomic E-state index is 13.2. The van der Waals surface area contributed by atoms with Gasteiger partial charge in [-0.3, -0.25) is 4.79 Å². The molecular formula is C14H15BrFNO4. The van der Waals surface area contributed by atoms with Crippen molar-refractivity contribution in [2.24, 2.45) is 0 Å². The first-order valence-corrected chi connectivity index (χ1v) is 7.31. The maximum Gasteiger partial charge on any atom is 0.340 e. The molecule has 0 spiro atoms. The highest BCUT2D eigenvalue weighted by molar-refractivity contribution is 9.10. The van der Waals surface area contributed by atoms with Crippen LogP contribution in [-0.2, 0) is 14.3 Å². The largest absolute Gasteiger partial charge is 0.449 e. The molecule has 7 heteroatoms. The zero-order valence-electron chi connectivity index (χ0n) is 11.5. The van der Waals surface area contributed by atoms with Gasteiger partial charge in [-0.15, -0.1) is 0 Å². The second-order valence-electron chi connectivity index (χ2n) is 4.61. The highest BCUT2D eigenvalue weighted by Crippen LogP contribution is 2.19. The minimum absolute atomic E-state index is 0.0524. The third-order valence-corrected chi connectivity index (χ3v) is 3.79. The van der Waals surface area contributed by atoms with Crippen LogP contribution in [0.1, 0.15) is 17.3 Å². The van der Waals surface area contributed by atoms with Crippen LogP contribution in [0.15, 0.2) is 22.7 Å². The SMILES string of the molecule is CC(OC(=O)c1cc(F)ccc1Br)C(=O)N1CCOCC1. The Morgan fingerprint density at radius 1 is 1.38 bits per heavy atom. The van der Waals surface area contributed by atoms with Crippen LogP contribution in [0.5, 0.6) is 0 Å². The minimum atomic E-state index is -0.925. The van der Waals surface area contributed by atoms with E-state index in [-0.39, 0.29) is 11.5 Å². The molecule has 0 aliphatic carbocycles. The molecule has 0 aromatic heterocycles. The summed E-state index contributed by atoms with van der Waals surface area (Å²) in [6.45, 7) is 3.40. The number of amides is 1. The van der Waals surface area contributed by atoms with E-state index in [1.807, 2.05) is 0 Å². The van der Waals surface area contributed by atoms with E-state index in [2.05, 4.69) is 15.9 Å². The zero-order valence-corrected chi connectivity index (χ0v) is 13.1. The zero-order chi connectivity index (χ0) is 15.4. The molecule has 1 amide bonds. The number of carbonyl (C=O) groups excluding carboxylic acids is 2. The van der Waals surface area contributed by atoms with Gasteiger partial charge < -0.3 is 14.4 Å². The number of rotatable bonds is 3. The number of morpholine rings is 1. The van der Waals surface area contributed by atoms with Gasteiger partial charge in [-0.25, -0.2) is 9.18 Å². The Balaban J connectivity index is 2.01. The molecule has 1 saturated heterocycles. The summed E-state index contributed by atoms with van der Waals surface area (Å²) in [5, 5.41) is 0. The van der Waals surface area contributed by atoms with Gasteiger partial charge in [-0.1, -0.05) is 0 Å². The van der Waals surface area contributed by atoms with Gasteiger partial charge in [0, 0.05) is 17.6 Å². The van der Waals surface area contributed by atoms with Crippen LogP contribution in [0, 0.1) is 5.82 Å². The van der Waals surface area contributed by atoms with Crippen molar-refractivity contribution in [1.29, 1.82) is 0 Å². The minimum Gasteiger partial charge on any atom is -0.449 e. The molecule has 1 heterocycles. The molecule has 1 fully saturated rings. The van der Waals surface area contributed by atoms with Crippen LogP contribution in [0.4, 0.5) is 4.39 Å². The Morgan fingerprint density at radius 2 is 2.05 bits per heavy atom. The van der Waals surface area contributed by atoms with Crippen molar-refractivity contribution in [2.75, 3.05) is 26.3 Å². The molecule has 1 aromatic carbocycles. The lowest BCUT2D eigenvalue weighted by Crippen LogP contribution is -2.46. The molecule has 1 aliphatic heterocycles. The lowest BCUT2D eigenvalue weighted by molar-refractivity contribution is -0.143. The Hall–Kier alpha value is -1.47. The first-order chi connectivity index (χ1) is 9.99. The summed E-state index contributed by atoms with van der Waals surface area (Å²) in [7, 11) is 0. The molecule has 114 valence electrons. The Morgan fingerprint density at radius 3 is 2.71 bits per heavy atom. The fourth-order valence-corrected chi connectivity index (χ4v) is 2.38. The molecule has 5 nitrogen and oxygen atoms in total. The second kappa shape index (κ2) is 7.00. The van der Waals surface area contributed by atoms with Gasteiger partial charge in [0.1, 0.15) is 5.82 Å². The van der Waals surface area contributed by atoms with Gasteiger partial charge in [-0.05, 0) is 41.1 Å². The fourth-order valence-electron chi connectivity index (χ4n) is 1.97. The highest BCUT2D eigenvalue weighted by Gasteiger charge is 2.26. The van der Waals surface area contributed by atoms with Crippen LogP contribution < -0.4 is 0 Å². The van der Waals surface area contributed by atoms with Crippen molar-refractivity contribution >= 4 is 27.8 Å². The fraction of sp³-hybridized carbons (Fsp3) is 0.429. The third kappa shape index (κ3) is 4.01. The van der Waals surface area contributed by atoms with Crippen molar-refractivity contribution in [3.05, 3.63) is 34.1 Å². The van der Waals surface area contributed by atoms with Gasteiger partial charge in [0.15, 0.2) is 6.10 Å². The number of esters is 1. The lowest BCUT2D eigenvalue weighted by Gasteiger charge is -2.29. The Bertz CT molecular complexity index is 546. The standard InChI is InChI=1S/C14H15BrFNO4/c1-9(13(18)17-4-6-20-7-5-17)21-14(19)11-8-10(16)2-3-12(11)15/h2-3,8-9H,4-7H2,1H3. The summed E-state index contributed by atoms with van der Waals surface area (Å²) in [6.07, 6.45) is -0.925. The van der Waals surface area contributed by atoms with E-state index < -0.39 is 17.9 Å². The van der Waals surface area contributed by atoms with Gasteiger partial charge in [-0.2, -0.15) is 0 Å². The molecule has 21 heavy (non-hydrogen) atoms. The number of hydrogen-bond acceptors (Lipinski definition) is 4. The first-order valence-electron chi connectivity index (χ1n) is 6.51. The number of ether oxygens (including phenoxy) is 2. The van der Waals surface area contributed by atoms with Crippen molar-refractivity contribution in [3.8, 4) is 0 Å². The average Bonchev–Trinajstić information content (AvgIpc) is 2.49. The summed E-state index contributed by atoms with van der Waals surface area (Å²) in [5.41, 5.74) is 0.0524. The van der Waals surface area contributed by atoms with Crippen LogP contribution in [0.3, 0.4) is 0 Å². The Labute approximate surface area is 130 Å². The molecule has 1 aromatic rings. The second-order valence-corrected chi connectivity index (χ2v) is 5.46. The van der Waals surface area contributed by atoms with Gasteiger partial charge in [0.25, 0.3) is 5.91 Å². The van der Waals surface area contributed by atoms with Crippen LogP contribution in [0.2, 0.25) is 0 Å². The molecule has 0 radical (unpaired) electrons. The van der Waals surface area contributed by atoms with E-state index in [0.717, 1.165) is 6.07 Å². The smallest absolute Gasteiger partial charge is 0.340 e. The molecule has 0 saturated carbocycles. The van der Waals surface area contributed by atoms with E-state index in [1.165, 1.54) is 19.1 Å². The van der Waals surface area contributed by atoms with E-state index in [1.54, 1.807) is 4.90 Å². The maximum atomic E-state index is 13.2. The Kier molecular flexibility index (Phi) is 5.30. The number of hydrogen-bond donors (Lipinski definition) is 0. The van der Waals surface area contributed by atoms with Gasteiger partial charge in [0.05, 0.1) is 18.8 Å². The first kappa shape index (κ1) is 15.9. The van der Waals surface area contributed by atoms with E-state index in [0.29, 0.717) is 30.8 Å². The molecule has 1 unspecified atom stereocenters. The summed E-state index contributed by atoms with van der Waals surface area (Å²) in [6, 6.07) is 3.71. The summed E-state index contributed by atoms with van der Waals surface area (Å²) >= 11 is 3.16. The van der Waals surface area contributed by atoms with Crippen molar-refractivity contribution < 1.29 is 23.5 Å². The predicted molar refractivity (Wildman–Crippen MR) is 76.4 cm³/mol. The van der Waals surface area contributed by atoms with E-state index >= 15 is 0 Å². The number of benzene rings is 1. The van der Waals surface area contributed by atoms with E-state index in [4.69, 9.17) is 9.47 Å².